The van der Waals surface area contributed by atoms with Crippen LogP contribution in [0.1, 0.15) is 32.3 Å². The fraction of sp³-hybridized carbons (Fsp3) is 0.615. The van der Waals surface area contributed by atoms with Crippen LogP contribution in [0.4, 0.5) is 0 Å². The van der Waals surface area contributed by atoms with Crippen molar-refractivity contribution < 1.29 is 13.5 Å². The van der Waals surface area contributed by atoms with Crippen LogP contribution in [-0.2, 0) is 15.8 Å². The molecule has 1 aromatic rings. The van der Waals surface area contributed by atoms with Gasteiger partial charge in [-0.15, -0.1) is 0 Å². The molecular weight excluding hydrogens is 300 g/mol. The van der Waals surface area contributed by atoms with Crippen molar-refractivity contribution in [3.63, 3.8) is 0 Å². The van der Waals surface area contributed by atoms with E-state index in [4.69, 9.17) is 11.6 Å². The van der Waals surface area contributed by atoms with Crippen LogP contribution in [0.5, 0.6) is 0 Å². The molecule has 1 unspecified atom stereocenters. The van der Waals surface area contributed by atoms with E-state index >= 15 is 0 Å². The topological polar surface area (TPSA) is 79.3 Å². The van der Waals surface area contributed by atoms with Gasteiger partial charge in [0.25, 0.3) is 0 Å². The molecule has 0 aliphatic heterocycles. The van der Waals surface area contributed by atoms with E-state index in [1.807, 2.05) is 13.8 Å². The zero-order chi connectivity index (χ0) is 15.2. The van der Waals surface area contributed by atoms with E-state index in [-0.39, 0.29) is 18.2 Å². The molecule has 0 aromatic carbocycles. The van der Waals surface area contributed by atoms with Crippen LogP contribution in [0.2, 0.25) is 5.15 Å². The molecule has 2 N–H and O–H groups in total. The number of halogens is 1. The summed E-state index contributed by atoms with van der Waals surface area (Å²) < 4.78 is 26.2. The Balaban J connectivity index is 2.55. The molecule has 0 saturated heterocycles. The van der Waals surface area contributed by atoms with Gasteiger partial charge in [-0.2, -0.15) is 0 Å². The molecule has 1 aromatic heterocycles. The van der Waals surface area contributed by atoms with E-state index in [1.165, 1.54) is 6.20 Å². The normalized spacial score (nSPS) is 13.7. The lowest BCUT2D eigenvalue weighted by Gasteiger charge is -2.20. The monoisotopic (exact) mass is 320 g/mol. The number of nitrogens with zero attached hydrogens (tertiary/aromatic N) is 1. The van der Waals surface area contributed by atoms with Gasteiger partial charge in [0.15, 0.2) is 0 Å². The largest absolute Gasteiger partial charge is 0.391 e. The van der Waals surface area contributed by atoms with E-state index in [2.05, 4.69) is 9.71 Å². The first-order valence-electron chi connectivity index (χ1n) is 6.63. The highest BCUT2D eigenvalue weighted by molar-refractivity contribution is 7.88. The molecule has 20 heavy (non-hydrogen) atoms. The second-order valence-corrected chi connectivity index (χ2v) is 6.93. The number of hydrogen-bond donors (Lipinski definition) is 2. The maximum Gasteiger partial charge on any atom is 0.215 e. The predicted molar refractivity (Wildman–Crippen MR) is 80.0 cm³/mol. The molecule has 0 radical (unpaired) electrons. The summed E-state index contributed by atoms with van der Waals surface area (Å²) >= 11 is 5.64. The third kappa shape index (κ3) is 5.75. The summed E-state index contributed by atoms with van der Waals surface area (Å²) in [6, 6.07) is 3.16. The van der Waals surface area contributed by atoms with Crippen LogP contribution in [0.3, 0.4) is 0 Å². The van der Waals surface area contributed by atoms with Crippen LogP contribution >= 0.6 is 11.6 Å². The minimum Gasteiger partial charge on any atom is -0.391 e. The van der Waals surface area contributed by atoms with Crippen molar-refractivity contribution in [2.24, 2.45) is 5.92 Å². The summed E-state index contributed by atoms with van der Waals surface area (Å²) in [5, 5.41) is 10.2. The van der Waals surface area contributed by atoms with Gasteiger partial charge in [-0.1, -0.05) is 44.4 Å². The highest BCUT2D eigenvalue weighted by atomic mass is 35.5. The zero-order valence-corrected chi connectivity index (χ0v) is 13.3. The molecule has 0 fully saturated rings. The van der Waals surface area contributed by atoms with Crippen LogP contribution in [0.15, 0.2) is 18.3 Å². The number of aliphatic hydroxyl groups excluding tert-OH is 1. The number of hydrogen-bond acceptors (Lipinski definition) is 4. The Hall–Kier alpha value is -0.690. The number of aliphatic hydroxyl groups is 1. The van der Waals surface area contributed by atoms with Gasteiger partial charge in [0.2, 0.25) is 10.0 Å². The average Bonchev–Trinajstić information content (AvgIpc) is 2.40. The molecule has 0 aliphatic rings. The molecule has 0 spiro atoms. The molecule has 1 rings (SSSR count). The Morgan fingerprint density at radius 1 is 1.35 bits per heavy atom. The van der Waals surface area contributed by atoms with Crippen molar-refractivity contribution >= 4 is 21.6 Å². The van der Waals surface area contributed by atoms with Crippen LogP contribution in [0.25, 0.3) is 0 Å². The van der Waals surface area contributed by atoms with Crippen molar-refractivity contribution in [3.8, 4) is 0 Å². The third-order valence-electron chi connectivity index (χ3n) is 3.25. The lowest BCUT2D eigenvalue weighted by molar-refractivity contribution is 0.107. The maximum absolute atomic E-state index is 11.9. The van der Waals surface area contributed by atoms with E-state index < -0.39 is 16.1 Å². The maximum atomic E-state index is 11.9. The first-order chi connectivity index (χ1) is 9.38. The summed E-state index contributed by atoms with van der Waals surface area (Å²) in [5.74, 6) is -0.0674. The molecule has 0 aliphatic carbocycles. The molecule has 0 bridgehead atoms. The summed E-state index contributed by atoms with van der Waals surface area (Å²) in [6.07, 6.45) is 2.41. The van der Waals surface area contributed by atoms with Crippen LogP contribution in [0, 0.1) is 5.92 Å². The van der Waals surface area contributed by atoms with Crippen molar-refractivity contribution in [1.82, 2.24) is 9.71 Å². The van der Waals surface area contributed by atoms with Crippen LogP contribution in [-0.4, -0.2) is 31.2 Å². The van der Waals surface area contributed by atoms with Gasteiger partial charge in [-0.3, -0.25) is 0 Å². The quantitative estimate of drug-likeness (QED) is 0.718. The summed E-state index contributed by atoms with van der Waals surface area (Å²) in [4.78, 5) is 3.84. The number of pyridine rings is 1. The Morgan fingerprint density at radius 3 is 2.50 bits per heavy atom. The van der Waals surface area contributed by atoms with Crippen LogP contribution < -0.4 is 4.72 Å². The van der Waals surface area contributed by atoms with Crippen molar-refractivity contribution in [1.29, 1.82) is 0 Å². The molecule has 1 heterocycles. The predicted octanol–water partition coefficient (Wildman–Crippen LogP) is 1.95. The van der Waals surface area contributed by atoms with Gasteiger partial charge in [0.05, 0.1) is 11.9 Å². The summed E-state index contributed by atoms with van der Waals surface area (Å²) in [5.41, 5.74) is 0.555. The first-order valence-corrected chi connectivity index (χ1v) is 8.66. The van der Waals surface area contributed by atoms with Crippen molar-refractivity contribution in [3.05, 3.63) is 29.0 Å². The molecule has 114 valence electrons. The standard InChI is InChI=1S/C13H21ClN2O3S/c1-3-11(4-2)12(17)8-16-20(18,19)9-10-5-6-13(14)15-7-10/h5-7,11-12,16-17H,3-4,8-9H2,1-2H3. The molecule has 5 nitrogen and oxygen atoms in total. The fourth-order valence-electron chi connectivity index (χ4n) is 1.97. The summed E-state index contributed by atoms with van der Waals surface area (Å²) in [6.45, 7) is 3.99. The van der Waals surface area contributed by atoms with Gasteiger partial charge in [-0.25, -0.2) is 18.1 Å². The SMILES string of the molecule is CCC(CC)C(O)CNS(=O)(=O)Cc1ccc(Cl)nc1. The zero-order valence-electron chi connectivity index (χ0n) is 11.7. The lowest BCUT2D eigenvalue weighted by Crippen LogP contribution is -2.36. The average molecular weight is 321 g/mol. The van der Waals surface area contributed by atoms with Crippen molar-refractivity contribution in [2.45, 2.75) is 38.5 Å². The van der Waals surface area contributed by atoms with E-state index in [0.29, 0.717) is 10.7 Å². The van der Waals surface area contributed by atoms with Gasteiger partial charge in [0.1, 0.15) is 5.15 Å². The minimum atomic E-state index is -3.49. The molecule has 7 heteroatoms. The highest BCUT2D eigenvalue weighted by Gasteiger charge is 2.19. The van der Waals surface area contributed by atoms with E-state index in [1.54, 1.807) is 12.1 Å². The third-order valence-corrected chi connectivity index (χ3v) is 4.79. The second-order valence-electron chi connectivity index (χ2n) is 4.74. The number of nitrogens with one attached hydrogen (secondary N) is 1. The second kappa shape index (κ2) is 7.93. The Morgan fingerprint density at radius 2 is 2.00 bits per heavy atom. The fourth-order valence-corrected chi connectivity index (χ4v) is 3.22. The molecule has 1 atom stereocenters. The van der Waals surface area contributed by atoms with Gasteiger partial charge >= 0.3 is 0 Å². The molecular formula is C13H21ClN2O3S. The number of sulfonamides is 1. The van der Waals surface area contributed by atoms with Gasteiger partial charge < -0.3 is 5.11 Å². The van der Waals surface area contributed by atoms with E-state index in [0.717, 1.165) is 12.8 Å². The van der Waals surface area contributed by atoms with Crippen molar-refractivity contribution in [2.75, 3.05) is 6.54 Å². The number of aromatic nitrogens is 1. The Bertz CT molecular complexity index is 501. The Kier molecular flexibility index (Phi) is 6.88. The van der Waals surface area contributed by atoms with Gasteiger partial charge in [-0.05, 0) is 17.5 Å². The van der Waals surface area contributed by atoms with Gasteiger partial charge in [0, 0.05) is 12.7 Å². The first kappa shape index (κ1) is 17.4. The highest BCUT2D eigenvalue weighted by Crippen LogP contribution is 2.13. The smallest absolute Gasteiger partial charge is 0.215 e. The molecule has 0 amide bonds. The molecule has 0 saturated carbocycles. The summed E-state index contributed by atoms with van der Waals surface area (Å²) in [7, 11) is -3.49. The minimum absolute atomic E-state index is 0.0374. The Labute approximate surface area is 125 Å². The number of rotatable bonds is 8. The van der Waals surface area contributed by atoms with E-state index in [9.17, 15) is 13.5 Å². The lowest BCUT2D eigenvalue weighted by atomic mass is 9.97.